The third-order valence-corrected chi connectivity index (χ3v) is 4.19. The summed E-state index contributed by atoms with van der Waals surface area (Å²) in [7, 11) is 0. The highest BCUT2D eigenvalue weighted by Crippen LogP contribution is 2.08. The van der Waals surface area contributed by atoms with Crippen molar-refractivity contribution in [1.82, 2.24) is 9.80 Å². The van der Waals surface area contributed by atoms with Crippen LogP contribution in [0, 0.1) is 0 Å². The van der Waals surface area contributed by atoms with Crippen LogP contribution < -0.4 is 0 Å². The first kappa shape index (κ1) is 18.9. The van der Waals surface area contributed by atoms with Gasteiger partial charge in [-0.3, -0.25) is 9.59 Å². The second-order valence-corrected chi connectivity index (χ2v) is 6.09. The van der Waals surface area contributed by atoms with Crippen LogP contribution in [0.2, 0.25) is 0 Å². The number of hydrogen-bond acceptors (Lipinski definition) is 4. The maximum Gasteiger partial charge on any atom is 0.303 e. The molecular weight excluding hydrogens is 284 g/mol. The molecule has 6 nitrogen and oxygen atoms in total. The van der Waals surface area contributed by atoms with Gasteiger partial charge in [0.05, 0.1) is 0 Å². The first-order chi connectivity index (χ1) is 10.6. The largest absolute Gasteiger partial charge is 0.481 e. The highest BCUT2D eigenvalue weighted by atomic mass is 16.4. The SMILES string of the molecule is O=C(O)CCCCCN1CCN(CCCCCC(=O)O)CC1. The van der Waals surface area contributed by atoms with E-state index < -0.39 is 11.9 Å². The Morgan fingerprint density at radius 2 is 1.00 bits per heavy atom. The lowest BCUT2D eigenvalue weighted by Gasteiger charge is -2.34. The van der Waals surface area contributed by atoms with Crippen LogP contribution in [0.5, 0.6) is 0 Å². The van der Waals surface area contributed by atoms with Gasteiger partial charge in [0.2, 0.25) is 0 Å². The quantitative estimate of drug-likeness (QED) is 0.535. The molecule has 0 atom stereocenters. The summed E-state index contributed by atoms with van der Waals surface area (Å²) in [6.07, 6.45) is 6.31. The van der Waals surface area contributed by atoms with Gasteiger partial charge in [-0.2, -0.15) is 0 Å². The molecule has 22 heavy (non-hydrogen) atoms. The molecule has 1 aliphatic rings. The maximum absolute atomic E-state index is 10.4. The Hall–Kier alpha value is -1.14. The van der Waals surface area contributed by atoms with Gasteiger partial charge in [0.15, 0.2) is 0 Å². The van der Waals surface area contributed by atoms with Crippen molar-refractivity contribution in [2.45, 2.75) is 51.4 Å². The lowest BCUT2D eigenvalue weighted by Crippen LogP contribution is -2.46. The second kappa shape index (κ2) is 11.4. The van der Waals surface area contributed by atoms with E-state index in [4.69, 9.17) is 10.2 Å². The Labute approximate surface area is 133 Å². The highest BCUT2D eigenvalue weighted by molar-refractivity contribution is 5.66. The third kappa shape index (κ3) is 9.73. The van der Waals surface area contributed by atoms with Crippen molar-refractivity contribution in [3.05, 3.63) is 0 Å². The highest BCUT2D eigenvalue weighted by Gasteiger charge is 2.15. The van der Waals surface area contributed by atoms with E-state index in [2.05, 4.69) is 9.80 Å². The molecule has 1 rings (SSSR count). The summed E-state index contributed by atoms with van der Waals surface area (Å²) in [5.41, 5.74) is 0. The van der Waals surface area contributed by atoms with E-state index in [0.29, 0.717) is 0 Å². The fourth-order valence-electron chi connectivity index (χ4n) is 2.81. The molecule has 128 valence electrons. The van der Waals surface area contributed by atoms with E-state index in [-0.39, 0.29) is 12.8 Å². The Kier molecular flexibility index (Phi) is 9.82. The second-order valence-electron chi connectivity index (χ2n) is 6.09. The average molecular weight is 314 g/mol. The summed E-state index contributed by atoms with van der Waals surface area (Å²) >= 11 is 0. The molecule has 1 fully saturated rings. The van der Waals surface area contributed by atoms with Crippen LogP contribution >= 0.6 is 0 Å². The molecule has 0 aliphatic carbocycles. The van der Waals surface area contributed by atoms with Crippen LogP contribution in [0.1, 0.15) is 51.4 Å². The topological polar surface area (TPSA) is 81.1 Å². The van der Waals surface area contributed by atoms with Gasteiger partial charge in [-0.1, -0.05) is 12.8 Å². The molecule has 0 spiro atoms. The van der Waals surface area contributed by atoms with Gasteiger partial charge >= 0.3 is 11.9 Å². The summed E-state index contributed by atoms with van der Waals surface area (Å²) in [5, 5.41) is 17.2. The summed E-state index contributed by atoms with van der Waals surface area (Å²) in [6, 6.07) is 0. The van der Waals surface area contributed by atoms with Crippen molar-refractivity contribution in [1.29, 1.82) is 0 Å². The van der Waals surface area contributed by atoms with Crippen molar-refractivity contribution in [2.75, 3.05) is 39.3 Å². The molecule has 0 unspecified atom stereocenters. The molecule has 0 saturated carbocycles. The monoisotopic (exact) mass is 314 g/mol. The van der Waals surface area contributed by atoms with Crippen molar-refractivity contribution < 1.29 is 19.8 Å². The smallest absolute Gasteiger partial charge is 0.303 e. The minimum absolute atomic E-state index is 0.287. The zero-order chi connectivity index (χ0) is 16.2. The molecule has 0 radical (unpaired) electrons. The first-order valence-corrected chi connectivity index (χ1v) is 8.46. The Balaban J connectivity index is 1.94. The molecule has 6 heteroatoms. The minimum atomic E-state index is -0.697. The molecule has 2 N–H and O–H groups in total. The summed E-state index contributed by atoms with van der Waals surface area (Å²) < 4.78 is 0. The predicted octanol–water partition coefficient (Wildman–Crippen LogP) is 1.89. The number of hydrogen-bond donors (Lipinski definition) is 2. The molecule has 0 bridgehead atoms. The molecule has 1 saturated heterocycles. The van der Waals surface area contributed by atoms with Crippen molar-refractivity contribution in [3.63, 3.8) is 0 Å². The Bertz CT molecular complexity index is 296. The summed E-state index contributed by atoms with van der Waals surface area (Å²) in [5.74, 6) is -1.39. The van der Waals surface area contributed by atoms with Crippen LogP contribution in [-0.4, -0.2) is 71.2 Å². The van der Waals surface area contributed by atoms with Gasteiger partial charge < -0.3 is 20.0 Å². The standard InChI is InChI=1S/C16H30N2O4/c19-15(20)7-3-1-5-9-17-11-13-18(14-12-17)10-6-2-4-8-16(21)22/h1-14H2,(H,19,20)(H,21,22). The van der Waals surface area contributed by atoms with Gasteiger partial charge in [0, 0.05) is 39.0 Å². The predicted molar refractivity (Wildman–Crippen MR) is 85.1 cm³/mol. The number of carbonyl (C=O) groups is 2. The van der Waals surface area contributed by atoms with Crippen LogP contribution in [0.3, 0.4) is 0 Å². The molecule has 0 aromatic heterocycles. The van der Waals surface area contributed by atoms with E-state index in [1.165, 1.54) is 0 Å². The van der Waals surface area contributed by atoms with Crippen molar-refractivity contribution in [2.24, 2.45) is 0 Å². The zero-order valence-corrected chi connectivity index (χ0v) is 13.5. The van der Waals surface area contributed by atoms with Gasteiger partial charge in [0.25, 0.3) is 0 Å². The third-order valence-electron chi connectivity index (χ3n) is 4.19. The lowest BCUT2D eigenvalue weighted by molar-refractivity contribution is -0.138. The molecule has 1 aliphatic heterocycles. The van der Waals surface area contributed by atoms with Gasteiger partial charge in [-0.15, -0.1) is 0 Å². The number of nitrogens with zero attached hydrogens (tertiary/aromatic N) is 2. The van der Waals surface area contributed by atoms with E-state index in [0.717, 1.165) is 77.8 Å². The van der Waals surface area contributed by atoms with Gasteiger partial charge in [0.1, 0.15) is 0 Å². The van der Waals surface area contributed by atoms with E-state index in [1.54, 1.807) is 0 Å². The zero-order valence-electron chi connectivity index (χ0n) is 13.5. The van der Waals surface area contributed by atoms with E-state index >= 15 is 0 Å². The average Bonchev–Trinajstić information content (AvgIpc) is 2.47. The van der Waals surface area contributed by atoms with Crippen molar-refractivity contribution >= 4 is 11.9 Å². The fourth-order valence-corrected chi connectivity index (χ4v) is 2.81. The van der Waals surface area contributed by atoms with Crippen LogP contribution in [-0.2, 0) is 9.59 Å². The molecule has 1 heterocycles. The molecule has 0 aromatic rings. The number of carboxylic acid groups (broad SMARTS) is 2. The van der Waals surface area contributed by atoms with Crippen LogP contribution in [0.25, 0.3) is 0 Å². The van der Waals surface area contributed by atoms with Crippen molar-refractivity contribution in [3.8, 4) is 0 Å². The van der Waals surface area contributed by atoms with Crippen LogP contribution in [0.15, 0.2) is 0 Å². The van der Waals surface area contributed by atoms with Crippen LogP contribution in [0.4, 0.5) is 0 Å². The normalized spacial score (nSPS) is 16.7. The maximum atomic E-state index is 10.4. The fraction of sp³-hybridized carbons (Fsp3) is 0.875. The van der Waals surface area contributed by atoms with E-state index in [9.17, 15) is 9.59 Å². The lowest BCUT2D eigenvalue weighted by atomic mass is 10.1. The number of unbranched alkanes of at least 4 members (excludes halogenated alkanes) is 4. The number of rotatable bonds is 12. The van der Waals surface area contributed by atoms with E-state index in [1.807, 2.05) is 0 Å². The Morgan fingerprint density at radius 3 is 1.32 bits per heavy atom. The molecule has 0 aromatic carbocycles. The number of piperazine rings is 1. The Morgan fingerprint density at radius 1 is 0.636 bits per heavy atom. The molecular formula is C16H30N2O4. The minimum Gasteiger partial charge on any atom is -0.481 e. The summed E-state index contributed by atoms with van der Waals surface area (Å²) in [6.45, 7) is 6.52. The molecule has 0 amide bonds. The summed E-state index contributed by atoms with van der Waals surface area (Å²) in [4.78, 5) is 25.8. The number of aliphatic carboxylic acids is 2. The number of carboxylic acids is 2. The van der Waals surface area contributed by atoms with Gasteiger partial charge in [-0.25, -0.2) is 0 Å². The first-order valence-electron chi connectivity index (χ1n) is 8.46. The van der Waals surface area contributed by atoms with Gasteiger partial charge in [-0.05, 0) is 38.8 Å².